The van der Waals surface area contributed by atoms with E-state index in [0.717, 1.165) is 12.1 Å². The highest BCUT2D eigenvalue weighted by Crippen LogP contribution is 2.31. The lowest BCUT2D eigenvalue weighted by Gasteiger charge is -2.34. The molecule has 2 atom stereocenters. The Kier molecular flexibility index (Phi) is 3.98. The van der Waals surface area contributed by atoms with E-state index in [1.54, 1.807) is 4.90 Å². The molecule has 1 aliphatic heterocycles. The van der Waals surface area contributed by atoms with Gasteiger partial charge in [-0.25, -0.2) is 14.2 Å². The van der Waals surface area contributed by atoms with Gasteiger partial charge in [0.25, 0.3) is 0 Å². The predicted molar refractivity (Wildman–Crippen MR) is 77.8 cm³/mol. The fourth-order valence-electron chi connectivity index (χ4n) is 2.73. The summed E-state index contributed by atoms with van der Waals surface area (Å²) in [5, 5.41) is 10.8. The molecule has 0 radical (unpaired) electrons. The van der Waals surface area contributed by atoms with E-state index in [0.29, 0.717) is 5.52 Å². The summed E-state index contributed by atoms with van der Waals surface area (Å²) in [6.45, 7) is 0.324. The van der Waals surface area contributed by atoms with Crippen LogP contribution < -0.4 is 10.2 Å². The lowest BCUT2D eigenvalue weighted by Crippen LogP contribution is -2.53. The van der Waals surface area contributed by atoms with E-state index in [9.17, 15) is 22.4 Å². The van der Waals surface area contributed by atoms with Gasteiger partial charge in [-0.2, -0.15) is 13.2 Å². The molecule has 24 heavy (non-hydrogen) atoms. The number of alkyl halides is 4. The first kappa shape index (κ1) is 16.3. The summed E-state index contributed by atoms with van der Waals surface area (Å²) in [7, 11) is 0. The summed E-state index contributed by atoms with van der Waals surface area (Å²) in [6, 6.07) is 2.23. The number of amides is 1. The zero-order valence-electron chi connectivity index (χ0n) is 12.3. The van der Waals surface area contributed by atoms with Gasteiger partial charge in [0.2, 0.25) is 5.95 Å². The molecule has 0 spiro atoms. The fraction of sp³-hybridized carbons (Fsp3) is 0.429. The van der Waals surface area contributed by atoms with Crippen LogP contribution in [0.4, 0.5) is 28.3 Å². The number of piperidine rings is 1. The van der Waals surface area contributed by atoms with E-state index in [1.165, 1.54) is 6.07 Å². The van der Waals surface area contributed by atoms with Crippen molar-refractivity contribution in [1.82, 2.24) is 15.3 Å². The molecule has 0 bridgehead atoms. The third-order valence-electron chi connectivity index (χ3n) is 3.93. The normalized spacial score (nSPS) is 21.9. The van der Waals surface area contributed by atoms with Crippen LogP contribution in [0.25, 0.3) is 11.0 Å². The molecule has 2 aromatic rings. The first-order chi connectivity index (χ1) is 11.2. The maximum absolute atomic E-state index is 13.8. The minimum absolute atomic E-state index is 0.0411. The smallest absolute Gasteiger partial charge is 0.416 e. The van der Waals surface area contributed by atoms with E-state index >= 15 is 0 Å². The molecule has 1 aromatic heterocycles. The van der Waals surface area contributed by atoms with Gasteiger partial charge >= 0.3 is 12.3 Å². The van der Waals surface area contributed by atoms with Crippen LogP contribution in [0.2, 0.25) is 0 Å². The Bertz CT molecular complexity index is 761. The number of aromatic amines is 1. The Balaban J connectivity index is 1.85. The van der Waals surface area contributed by atoms with Crippen molar-refractivity contribution in [2.75, 3.05) is 18.0 Å². The van der Waals surface area contributed by atoms with Gasteiger partial charge in [0.05, 0.1) is 22.6 Å². The second-order valence-corrected chi connectivity index (χ2v) is 5.60. The van der Waals surface area contributed by atoms with Gasteiger partial charge in [-0.3, -0.25) is 0 Å². The van der Waals surface area contributed by atoms with E-state index in [4.69, 9.17) is 5.11 Å². The third-order valence-corrected chi connectivity index (χ3v) is 3.93. The number of nitrogens with zero attached hydrogens (tertiary/aromatic N) is 2. The number of hydrogen-bond donors (Lipinski definition) is 3. The molecule has 10 heteroatoms. The minimum Gasteiger partial charge on any atom is -0.465 e. The number of carboxylic acid groups (broad SMARTS) is 1. The highest BCUT2D eigenvalue weighted by molar-refractivity contribution is 5.78. The third kappa shape index (κ3) is 3.22. The molecular weight excluding hydrogens is 332 g/mol. The molecule has 6 nitrogen and oxygen atoms in total. The summed E-state index contributed by atoms with van der Waals surface area (Å²) in [4.78, 5) is 19.3. The lowest BCUT2D eigenvalue weighted by atomic mass is 10.0. The molecule has 1 amide bonds. The van der Waals surface area contributed by atoms with Crippen molar-refractivity contribution in [2.24, 2.45) is 0 Å². The highest BCUT2D eigenvalue weighted by atomic mass is 19.4. The first-order valence-corrected chi connectivity index (χ1v) is 7.19. The van der Waals surface area contributed by atoms with Crippen molar-refractivity contribution >= 4 is 23.1 Å². The van der Waals surface area contributed by atoms with Crippen LogP contribution in [0.1, 0.15) is 12.0 Å². The number of H-pyrrole nitrogens is 1. The number of hydrogen-bond acceptors (Lipinski definition) is 3. The van der Waals surface area contributed by atoms with Crippen molar-refractivity contribution < 1.29 is 27.5 Å². The van der Waals surface area contributed by atoms with Crippen LogP contribution >= 0.6 is 0 Å². The average molecular weight is 346 g/mol. The molecule has 1 saturated heterocycles. The number of rotatable bonds is 2. The first-order valence-electron chi connectivity index (χ1n) is 7.19. The number of halogens is 4. The topological polar surface area (TPSA) is 81.2 Å². The van der Waals surface area contributed by atoms with Crippen molar-refractivity contribution in [3.8, 4) is 0 Å². The predicted octanol–water partition coefficient (Wildman–Crippen LogP) is 2.77. The Morgan fingerprint density at radius 1 is 1.42 bits per heavy atom. The van der Waals surface area contributed by atoms with Gasteiger partial charge in [0.1, 0.15) is 6.17 Å². The number of fused-ring (bicyclic) bond motifs is 1. The Labute approximate surface area is 133 Å². The zero-order chi connectivity index (χ0) is 17.5. The molecule has 0 saturated carbocycles. The lowest BCUT2D eigenvalue weighted by molar-refractivity contribution is -0.137. The number of nitrogens with one attached hydrogen (secondary N) is 2. The number of carbonyl (C=O) groups is 1. The van der Waals surface area contributed by atoms with Gasteiger partial charge in [-0.05, 0) is 24.6 Å². The SMILES string of the molecule is O=C(O)N[C@@H]1CN(c2nc3ccc(C(F)(F)F)cc3[nH]2)CC[C@H]1F. The molecule has 1 fully saturated rings. The highest BCUT2D eigenvalue weighted by Gasteiger charge is 2.33. The summed E-state index contributed by atoms with van der Waals surface area (Å²) in [5.74, 6) is 0.286. The van der Waals surface area contributed by atoms with Crippen molar-refractivity contribution in [2.45, 2.75) is 24.8 Å². The van der Waals surface area contributed by atoms with Crippen molar-refractivity contribution in [3.63, 3.8) is 0 Å². The monoisotopic (exact) mass is 346 g/mol. The van der Waals surface area contributed by atoms with E-state index in [2.05, 4.69) is 15.3 Å². The quantitative estimate of drug-likeness (QED) is 0.731. The fourth-order valence-corrected chi connectivity index (χ4v) is 2.73. The van der Waals surface area contributed by atoms with Crippen LogP contribution in [0.3, 0.4) is 0 Å². The maximum atomic E-state index is 13.8. The molecule has 1 aromatic carbocycles. The second-order valence-electron chi connectivity index (χ2n) is 5.60. The van der Waals surface area contributed by atoms with Crippen molar-refractivity contribution in [3.05, 3.63) is 23.8 Å². The largest absolute Gasteiger partial charge is 0.465 e. The summed E-state index contributed by atoms with van der Waals surface area (Å²) < 4.78 is 52.0. The van der Waals surface area contributed by atoms with Gasteiger partial charge in [-0.15, -0.1) is 0 Å². The standard InChI is InChI=1S/C14H14F4N4O2/c15-8-3-4-22(6-11(8)21-13(23)24)12-19-9-2-1-7(14(16,17)18)5-10(9)20-12/h1-2,5,8,11,21H,3-4,6H2,(H,19,20)(H,23,24)/t8-,11-/m1/s1. The van der Waals surface area contributed by atoms with Crippen LogP contribution in [-0.4, -0.2) is 46.5 Å². The maximum Gasteiger partial charge on any atom is 0.416 e. The number of aromatic nitrogens is 2. The van der Waals surface area contributed by atoms with Crippen LogP contribution in [-0.2, 0) is 6.18 Å². The molecule has 0 aliphatic carbocycles. The molecule has 3 rings (SSSR count). The van der Waals surface area contributed by atoms with Crippen LogP contribution in [0.15, 0.2) is 18.2 Å². The molecule has 2 heterocycles. The Morgan fingerprint density at radius 3 is 2.83 bits per heavy atom. The second kappa shape index (κ2) is 5.84. The van der Waals surface area contributed by atoms with Crippen LogP contribution in [0, 0.1) is 0 Å². The van der Waals surface area contributed by atoms with Crippen molar-refractivity contribution in [1.29, 1.82) is 0 Å². The van der Waals surface area contributed by atoms with E-state index in [1.807, 2.05) is 0 Å². The van der Waals surface area contributed by atoms with Gasteiger partial charge in [0, 0.05) is 13.1 Å². The number of benzene rings is 1. The average Bonchev–Trinajstić information content (AvgIpc) is 2.91. The van der Waals surface area contributed by atoms with Gasteiger partial charge in [-0.1, -0.05) is 0 Å². The molecule has 3 N–H and O–H groups in total. The minimum atomic E-state index is -4.46. The van der Waals surface area contributed by atoms with Crippen LogP contribution in [0.5, 0.6) is 0 Å². The van der Waals surface area contributed by atoms with E-state index < -0.39 is 30.0 Å². The summed E-state index contributed by atoms with van der Waals surface area (Å²) in [6.07, 6.45) is -7.01. The van der Waals surface area contributed by atoms with Gasteiger partial charge in [0.15, 0.2) is 0 Å². The summed E-state index contributed by atoms with van der Waals surface area (Å²) in [5.41, 5.74) is -0.230. The van der Waals surface area contributed by atoms with E-state index in [-0.39, 0.29) is 31.0 Å². The zero-order valence-corrected chi connectivity index (χ0v) is 12.3. The molecule has 0 unspecified atom stereocenters. The summed E-state index contributed by atoms with van der Waals surface area (Å²) >= 11 is 0. The molecule has 1 aliphatic rings. The Hall–Kier alpha value is -2.52. The Morgan fingerprint density at radius 2 is 2.17 bits per heavy atom. The van der Waals surface area contributed by atoms with Gasteiger partial charge < -0.3 is 20.3 Å². The molecular formula is C14H14F4N4O2. The molecule has 130 valence electrons. The number of anilines is 1. The number of imidazole rings is 1.